The van der Waals surface area contributed by atoms with E-state index in [-0.39, 0.29) is 11.5 Å². The summed E-state index contributed by atoms with van der Waals surface area (Å²) in [6.07, 6.45) is 3.10. The number of benzene rings is 4. The smallest absolute Gasteiger partial charge is 0.169 e. The fraction of sp³-hybridized carbons (Fsp3) is 0.172. The van der Waals surface area contributed by atoms with Crippen LogP contribution in [0.4, 0.5) is 0 Å². The Morgan fingerprint density at radius 2 is 1.39 bits per heavy atom. The third-order valence-electron chi connectivity index (χ3n) is 6.20. The second kappa shape index (κ2) is 8.91. The summed E-state index contributed by atoms with van der Waals surface area (Å²) in [7, 11) is 1.66. The Morgan fingerprint density at radius 3 is 2.21 bits per heavy atom. The van der Waals surface area contributed by atoms with Gasteiger partial charge in [-0.15, -0.1) is 0 Å². The Hall–Kier alpha value is -3.92. The quantitative estimate of drug-likeness (QED) is 0.359. The molecule has 0 amide bonds. The molecule has 0 saturated heterocycles. The van der Waals surface area contributed by atoms with Crippen LogP contribution in [0, 0.1) is 0 Å². The molecule has 0 aromatic heterocycles. The second-order valence-corrected chi connectivity index (χ2v) is 8.43. The van der Waals surface area contributed by atoms with Crippen LogP contribution in [0.15, 0.2) is 78.9 Å². The van der Waals surface area contributed by atoms with E-state index in [0.717, 1.165) is 64.8 Å². The van der Waals surface area contributed by atoms with E-state index in [1.54, 1.807) is 13.2 Å². The summed E-state index contributed by atoms with van der Waals surface area (Å²) in [5.41, 5.74) is 6.18. The van der Waals surface area contributed by atoms with Gasteiger partial charge >= 0.3 is 0 Å². The van der Waals surface area contributed by atoms with Crippen LogP contribution < -0.4 is 9.47 Å². The van der Waals surface area contributed by atoms with Gasteiger partial charge in [0.1, 0.15) is 17.2 Å². The van der Waals surface area contributed by atoms with E-state index in [2.05, 4.69) is 12.1 Å². The van der Waals surface area contributed by atoms with E-state index >= 15 is 0 Å². The minimum atomic E-state index is 0.116. The van der Waals surface area contributed by atoms with E-state index in [9.17, 15) is 10.2 Å². The molecule has 4 aromatic rings. The van der Waals surface area contributed by atoms with Crippen molar-refractivity contribution in [2.24, 2.45) is 0 Å². The second-order valence-electron chi connectivity index (χ2n) is 8.43. The van der Waals surface area contributed by atoms with Crippen molar-refractivity contribution < 1.29 is 19.7 Å². The van der Waals surface area contributed by atoms with E-state index < -0.39 is 0 Å². The lowest BCUT2D eigenvalue weighted by Crippen LogP contribution is -1.97. The van der Waals surface area contributed by atoms with Gasteiger partial charge in [-0.2, -0.15) is 0 Å². The molecule has 0 saturated carbocycles. The maximum absolute atomic E-state index is 10.9. The van der Waals surface area contributed by atoms with Crippen LogP contribution in [0.25, 0.3) is 11.1 Å². The molecule has 0 aliphatic carbocycles. The van der Waals surface area contributed by atoms with E-state index in [1.807, 2.05) is 60.7 Å². The Labute approximate surface area is 193 Å². The SMILES string of the molecule is COc1ccc2c(c1)CCc1cccc(c1)Oc1cc(ccc1O)CCc1ccc-2c(O)c1. The number of methoxy groups -OCH3 is 1. The maximum atomic E-state index is 10.9. The third kappa shape index (κ3) is 4.51. The molecule has 2 N–H and O–H groups in total. The predicted octanol–water partition coefficient (Wildman–Crippen LogP) is 6.45. The fourth-order valence-electron chi connectivity index (χ4n) is 4.38. The van der Waals surface area contributed by atoms with Gasteiger partial charge in [0.25, 0.3) is 0 Å². The summed E-state index contributed by atoms with van der Waals surface area (Å²) in [5.74, 6) is 2.33. The zero-order chi connectivity index (χ0) is 22.8. The highest BCUT2D eigenvalue weighted by atomic mass is 16.5. The summed E-state index contributed by atoms with van der Waals surface area (Å²) >= 11 is 0. The lowest BCUT2D eigenvalue weighted by atomic mass is 9.93. The van der Waals surface area contributed by atoms with E-state index in [1.165, 1.54) is 0 Å². The summed E-state index contributed by atoms with van der Waals surface area (Å²) in [5, 5.41) is 21.2. The zero-order valence-corrected chi connectivity index (χ0v) is 18.5. The van der Waals surface area contributed by atoms with Gasteiger partial charge in [-0.3, -0.25) is 0 Å². The molecule has 4 nitrogen and oxygen atoms in total. The van der Waals surface area contributed by atoms with Crippen LogP contribution in [-0.4, -0.2) is 17.3 Å². The molecule has 0 spiro atoms. The van der Waals surface area contributed by atoms with Crippen molar-refractivity contribution in [2.75, 3.05) is 7.11 Å². The van der Waals surface area contributed by atoms with Crippen molar-refractivity contribution >= 4 is 0 Å². The largest absolute Gasteiger partial charge is 0.507 e. The molecular weight excluding hydrogens is 412 g/mol. The van der Waals surface area contributed by atoms with Crippen LogP contribution in [0.3, 0.4) is 0 Å². The highest BCUT2D eigenvalue weighted by Crippen LogP contribution is 2.36. The number of aromatic hydroxyl groups is 2. The number of ether oxygens (including phenoxy) is 2. The molecule has 4 aromatic carbocycles. The monoisotopic (exact) mass is 438 g/mol. The lowest BCUT2D eigenvalue weighted by molar-refractivity contribution is 0.410. The first kappa shape index (κ1) is 21.0. The molecule has 0 fully saturated rings. The molecule has 2 aliphatic rings. The molecule has 0 unspecified atom stereocenters. The Morgan fingerprint density at radius 1 is 0.667 bits per heavy atom. The van der Waals surface area contributed by atoms with Gasteiger partial charge in [-0.1, -0.05) is 36.4 Å². The molecule has 0 radical (unpaired) electrons. The number of hydrogen-bond acceptors (Lipinski definition) is 4. The van der Waals surface area contributed by atoms with Crippen molar-refractivity contribution in [3.8, 4) is 39.9 Å². The summed E-state index contributed by atoms with van der Waals surface area (Å²) < 4.78 is 11.5. The third-order valence-corrected chi connectivity index (χ3v) is 6.20. The van der Waals surface area contributed by atoms with Crippen molar-refractivity contribution in [2.45, 2.75) is 25.7 Å². The summed E-state index contributed by atoms with van der Waals surface area (Å²) in [6.45, 7) is 0. The van der Waals surface area contributed by atoms with Gasteiger partial charge in [0.2, 0.25) is 0 Å². The number of aryl methyl sites for hydroxylation is 4. The van der Waals surface area contributed by atoms with Crippen molar-refractivity contribution in [3.63, 3.8) is 0 Å². The molecule has 4 heteroatoms. The van der Waals surface area contributed by atoms with Crippen LogP contribution in [0.5, 0.6) is 28.7 Å². The highest BCUT2D eigenvalue weighted by Gasteiger charge is 2.14. The van der Waals surface area contributed by atoms with Gasteiger partial charge in [-0.05, 0) is 96.0 Å². The first-order chi connectivity index (χ1) is 16.1. The number of fused-ring (bicyclic) bond motifs is 4. The molecule has 2 aliphatic heterocycles. The molecule has 6 bridgehead atoms. The molecule has 6 rings (SSSR count). The van der Waals surface area contributed by atoms with Crippen LogP contribution in [0.1, 0.15) is 22.3 Å². The lowest BCUT2D eigenvalue weighted by Gasteiger charge is -2.14. The Balaban J connectivity index is 1.61. The number of phenols is 2. The van der Waals surface area contributed by atoms with Crippen molar-refractivity contribution in [3.05, 3.63) is 101 Å². The molecule has 0 atom stereocenters. The minimum absolute atomic E-state index is 0.116. The van der Waals surface area contributed by atoms with Gasteiger partial charge in [-0.25, -0.2) is 0 Å². The number of phenolic OH excluding ortho intramolecular Hbond substituents is 2. The van der Waals surface area contributed by atoms with Gasteiger partial charge < -0.3 is 19.7 Å². The Bertz CT molecular complexity index is 1310. The van der Waals surface area contributed by atoms with Gasteiger partial charge in [0.05, 0.1) is 7.11 Å². The average molecular weight is 439 g/mol. The van der Waals surface area contributed by atoms with E-state index in [0.29, 0.717) is 11.5 Å². The summed E-state index contributed by atoms with van der Waals surface area (Å²) in [6, 6.07) is 25.3. The first-order valence-electron chi connectivity index (χ1n) is 11.2. The van der Waals surface area contributed by atoms with Gasteiger partial charge in [0.15, 0.2) is 11.5 Å². The molecular formula is C29H26O4. The van der Waals surface area contributed by atoms with Crippen molar-refractivity contribution in [1.82, 2.24) is 0 Å². The number of hydrogen-bond donors (Lipinski definition) is 2. The zero-order valence-electron chi connectivity index (χ0n) is 18.5. The van der Waals surface area contributed by atoms with Crippen LogP contribution >= 0.6 is 0 Å². The number of rotatable bonds is 1. The Kier molecular flexibility index (Phi) is 5.66. The predicted molar refractivity (Wildman–Crippen MR) is 130 cm³/mol. The molecule has 33 heavy (non-hydrogen) atoms. The maximum Gasteiger partial charge on any atom is 0.169 e. The standard InChI is InChI=1S/C29H26O4/c1-32-23-11-13-25-22(18-23)10-7-19-3-2-4-24(15-19)33-29-17-21(9-14-27(29)30)6-5-20-8-12-26(25)28(31)16-20/h2-4,8-9,11-18,30-31H,5-7,10H2,1H3. The summed E-state index contributed by atoms with van der Waals surface area (Å²) in [4.78, 5) is 0. The topological polar surface area (TPSA) is 58.9 Å². The van der Waals surface area contributed by atoms with Gasteiger partial charge in [0, 0.05) is 5.56 Å². The minimum Gasteiger partial charge on any atom is -0.507 e. The molecule has 2 heterocycles. The highest BCUT2D eigenvalue weighted by molar-refractivity contribution is 5.74. The molecule has 166 valence electrons. The van der Waals surface area contributed by atoms with Crippen LogP contribution in [-0.2, 0) is 25.7 Å². The normalized spacial score (nSPS) is 13.0. The first-order valence-corrected chi connectivity index (χ1v) is 11.2. The van der Waals surface area contributed by atoms with Crippen molar-refractivity contribution in [1.29, 1.82) is 0 Å². The van der Waals surface area contributed by atoms with E-state index in [4.69, 9.17) is 9.47 Å². The van der Waals surface area contributed by atoms with Crippen LogP contribution in [0.2, 0.25) is 0 Å². The fourth-order valence-corrected chi connectivity index (χ4v) is 4.38. The average Bonchev–Trinajstić information content (AvgIpc) is 2.83.